The van der Waals surface area contributed by atoms with E-state index in [1.165, 1.54) is 51.0 Å². The average Bonchev–Trinajstić information content (AvgIpc) is 2.79. The Morgan fingerprint density at radius 2 is 0.966 bits per heavy atom. The van der Waals surface area contributed by atoms with Gasteiger partial charge in [-0.25, -0.2) is 0 Å². The molecule has 0 N–H and O–H groups in total. The van der Waals surface area contributed by atoms with Crippen LogP contribution in [0.4, 0.5) is 0 Å². The molecule has 0 nitrogen and oxygen atoms in total. The van der Waals surface area contributed by atoms with E-state index in [0.29, 0.717) is 0 Å². The third-order valence-corrected chi connectivity index (χ3v) is 8.94. The second-order valence-electron chi connectivity index (χ2n) is 7.27. The maximum atomic E-state index is 2.33. The van der Waals surface area contributed by atoms with Crippen molar-refractivity contribution in [3.05, 3.63) is 109 Å². The summed E-state index contributed by atoms with van der Waals surface area (Å²) in [4.78, 5) is 0. The molecule has 0 heterocycles. The van der Waals surface area contributed by atoms with Crippen molar-refractivity contribution in [2.75, 3.05) is 0 Å². The molecule has 0 radical (unpaired) electrons. The molecule has 29 heavy (non-hydrogen) atoms. The standard InChI is InChI=1S/2C14H9.Pt/c1-3-7-13-11(5-1)9-10-12-6-2-4-8-14(12)13;1-2-6-12-10-14-8-4-3-7-13(14)9-11(12)5-1;/h1-5,7-10H;1-9H;. The maximum absolute atomic E-state index is 2.33. The van der Waals surface area contributed by atoms with Gasteiger partial charge < -0.3 is 0 Å². The molecule has 6 aromatic rings. The predicted molar refractivity (Wildman–Crippen MR) is 122 cm³/mol. The van der Waals surface area contributed by atoms with Crippen LogP contribution < -0.4 is 7.91 Å². The molecule has 0 aromatic heterocycles. The number of rotatable bonds is 2. The molecular weight excluding hydrogens is 531 g/mol. The van der Waals surface area contributed by atoms with E-state index < -0.39 is 0 Å². The van der Waals surface area contributed by atoms with Crippen LogP contribution in [0.3, 0.4) is 0 Å². The van der Waals surface area contributed by atoms with Crippen LogP contribution in [0.2, 0.25) is 0 Å². The van der Waals surface area contributed by atoms with Gasteiger partial charge in [0.1, 0.15) is 0 Å². The average molecular weight is 550 g/mol. The molecule has 6 aromatic carbocycles. The van der Waals surface area contributed by atoms with Crippen LogP contribution in [0, 0.1) is 0 Å². The molecule has 140 valence electrons. The van der Waals surface area contributed by atoms with Gasteiger partial charge in [0.05, 0.1) is 0 Å². The zero-order valence-electron chi connectivity index (χ0n) is 15.7. The monoisotopic (exact) mass is 549 g/mol. The van der Waals surface area contributed by atoms with Crippen LogP contribution in [0.5, 0.6) is 0 Å². The van der Waals surface area contributed by atoms with Crippen molar-refractivity contribution in [2.45, 2.75) is 0 Å². The molecule has 0 bridgehead atoms. The molecule has 6 rings (SSSR count). The van der Waals surface area contributed by atoms with Gasteiger partial charge in [-0.2, -0.15) is 0 Å². The molecule has 0 spiro atoms. The summed E-state index contributed by atoms with van der Waals surface area (Å²) in [5.41, 5.74) is 0. The normalized spacial score (nSPS) is 11.7. The van der Waals surface area contributed by atoms with Crippen molar-refractivity contribution in [3.8, 4) is 0 Å². The minimum absolute atomic E-state index is 0.347. The van der Waals surface area contributed by atoms with Crippen molar-refractivity contribution in [1.82, 2.24) is 0 Å². The van der Waals surface area contributed by atoms with Crippen LogP contribution in [-0.4, -0.2) is 0 Å². The summed E-state index contributed by atoms with van der Waals surface area (Å²) in [6.45, 7) is 0. The Hall–Kier alpha value is -2.95. The third kappa shape index (κ3) is 2.79. The summed E-state index contributed by atoms with van der Waals surface area (Å²) >= 11 is -0.347. The van der Waals surface area contributed by atoms with Crippen molar-refractivity contribution in [3.63, 3.8) is 0 Å². The van der Waals surface area contributed by atoms with Crippen LogP contribution >= 0.6 is 0 Å². The number of benzene rings is 6. The van der Waals surface area contributed by atoms with Crippen molar-refractivity contribution < 1.29 is 18.6 Å². The zero-order valence-corrected chi connectivity index (χ0v) is 18.0. The van der Waals surface area contributed by atoms with E-state index >= 15 is 0 Å². The Bertz CT molecular complexity index is 1470. The van der Waals surface area contributed by atoms with Crippen molar-refractivity contribution in [2.24, 2.45) is 0 Å². The fourth-order valence-electron chi connectivity index (χ4n) is 4.15. The summed E-state index contributed by atoms with van der Waals surface area (Å²) in [6.07, 6.45) is 0. The third-order valence-electron chi connectivity index (χ3n) is 5.54. The topological polar surface area (TPSA) is 0 Å². The van der Waals surface area contributed by atoms with Gasteiger partial charge in [0.15, 0.2) is 0 Å². The van der Waals surface area contributed by atoms with Gasteiger partial charge in [0.2, 0.25) is 0 Å². The fraction of sp³-hybridized carbons (Fsp3) is 0. The van der Waals surface area contributed by atoms with Gasteiger partial charge in [0.25, 0.3) is 0 Å². The summed E-state index contributed by atoms with van der Waals surface area (Å²) < 4.78 is 3.02. The predicted octanol–water partition coefficient (Wildman–Crippen LogP) is 6.33. The van der Waals surface area contributed by atoms with E-state index in [1.807, 2.05) is 0 Å². The Labute approximate surface area is 178 Å². The SMILES string of the molecule is c1ccc2[c]([Pt][c]3cccc4c3ccc3ccccc34)c3ccccc3cc2c1. The summed E-state index contributed by atoms with van der Waals surface area (Å²) in [5.74, 6) is 0. The van der Waals surface area contributed by atoms with Crippen LogP contribution in [0.15, 0.2) is 109 Å². The van der Waals surface area contributed by atoms with Gasteiger partial charge in [-0.3, -0.25) is 0 Å². The van der Waals surface area contributed by atoms with Crippen LogP contribution in [0.25, 0.3) is 43.1 Å². The minimum atomic E-state index is -0.347. The van der Waals surface area contributed by atoms with Gasteiger partial charge in [-0.15, -0.1) is 0 Å². The van der Waals surface area contributed by atoms with E-state index in [4.69, 9.17) is 0 Å². The molecule has 0 saturated carbocycles. The van der Waals surface area contributed by atoms with Crippen LogP contribution in [-0.2, 0) is 18.6 Å². The quantitative estimate of drug-likeness (QED) is 0.175. The van der Waals surface area contributed by atoms with E-state index in [-0.39, 0.29) is 18.6 Å². The molecule has 0 amide bonds. The summed E-state index contributed by atoms with van der Waals surface area (Å²) in [7, 11) is 0. The Balaban J connectivity index is 1.64. The molecule has 0 aliphatic rings. The first-order chi connectivity index (χ1) is 14.4. The Kier molecular flexibility index (Phi) is 3.99. The van der Waals surface area contributed by atoms with Gasteiger partial charge in [-0.1, -0.05) is 0 Å². The second kappa shape index (κ2) is 6.83. The number of hydrogen-bond donors (Lipinski definition) is 0. The molecule has 1 heteroatoms. The molecule has 0 atom stereocenters. The van der Waals surface area contributed by atoms with Crippen LogP contribution in [0.1, 0.15) is 0 Å². The molecule has 0 saturated heterocycles. The van der Waals surface area contributed by atoms with E-state index in [1.54, 1.807) is 0 Å². The zero-order chi connectivity index (χ0) is 19.2. The second-order valence-corrected chi connectivity index (χ2v) is 10.2. The van der Waals surface area contributed by atoms with Gasteiger partial charge in [0, 0.05) is 0 Å². The number of hydrogen-bond acceptors (Lipinski definition) is 0. The fourth-order valence-corrected chi connectivity index (χ4v) is 7.62. The molecule has 0 aliphatic carbocycles. The summed E-state index contributed by atoms with van der Waals surface area (Å²) in [5, 5.41) is 10.9. The molecule has 0 aliphatic heterocycles. The van der Waals surface area contributed by atoms with Gasteiger partial charge in [-0.05, 0) is 0 Å². The van der Waals surface area contributed by atoms with E-state index in [9.17, 15) is 0 Å². The van der Waals surface area contributed by atoms with Crippen molar-refractivity contribution >= 4 is 51.0 Å². The van der Waals surface area contributed by atoms with Crippen molar-refractivity contribution in [1.29, 1.82) is 0 Å². The molecular formula is C28H18Pt. The first kappa shape index (κ1) is 17.0. The Morgan fingerprint density at radius 1 is 0.379 bits per heavy atom. The summed E-state index contributed by atoms with van der Waals surface area (Å²) in [6, 6.07) is 40.1. The molecule has 0 fully saturated rings. The Morgan fingerprint density at radius 3 is 1.69 bits per heavy atom. The van der Waals surface area contributed by atoms with Gasteiger partial charge >= 0.3 is 179 Å². The van der Waals surface area contributed by atoms with E-state index in [0.717, 1.165) is 0 Å². The number of fused-ring (bicyclic) bond motifs is 5. The van der Waals surface area contributed by atoms with E-state index in [2.05, 4.69) is 109 Å². The first-order valence-corrected chi connectivity index (χ1v) is 12.1. The molecule has 0 unspecified atom stereocenters. The first-order valence-electron chi connectivity index (χ1n) is 9.78.